The number of ketones is 1. The molecule has 0 spiro atoms. The van der Waals surface area contributed by atoms with E-state index in [-0.39, 0.29) is 70.9 Å². The number of halogens is 11. The monoisotopic (exact) mass is 860 g/mol. The summed E-state index contributed by atoms with van der Waals surface area (Å²) in [6.45, 7) is 7.87. The molecule has 0 atom stereocenters. The Morgan fingerprint density at radius 3 is 1.42 bits per heavy atom. The Hall–Kier alpha value is -3.02. The molecule has 0 amide bonds. The van der Waals surface area contributed by atoms with Gasteiger partial charge in [0.2, 0.25) is 0 Å². The van der Waals surface area contributed by atoms with Crippen molar-refractivity contribution in [1.29, 1.82) is 10.5 Å². The number of benzene rings is 2. The van der Waals surface area contributed by atoms with Gasteiger partial charge in [-0.2, -0.15) is 47.1 Å². The third kappa shape index (κ3) is 7.01. The van der Waals surface area contributed by atoms with Crippen LogP contribution in [-0.2, 0) is 12.4 Å². The zero-order valence-corrected chi connectivity index (χ0v) is 30.0. The number of carbonyl (C=O) groups excluding carboxylic acids is 1. The van der Waals surface area contributed by atoms with E-state index in [1.807, 2.05) is 62.4 Å². The van der Waals surface area contributed by atoms with E-state index in [1.54, 1.807) is 0 Å². The van der Waals surface area contributed by atoms with Gasteiger partial charge in [0, 0.05) is 18.3 Å². The summed E-state index contributed by atoms with van der Waals surface area (Å²) in [5.41, 5.74) is -2.27. The normalized spacial score (nSPS) is 15.3. The Morgan fingerprint density at radius 2 is 1.10 bits per heavy atom. The summed E-state index contributed by atoms with van der Waals surface area (Å²) in [7, 11) is 0. The van der Waals surface area contributed by atoms with Crippen molar-refractivity contribution in [3.8, 4) is 23.5 Å². The van der Waals surface area contributed by atoms with Crippen LogP contribution in [-0.4, -0.2) is 25.3 Å². The van der Waals surface area contributed by atoms with Crippen molar-refractivity contribution in [3.63, 3.8) is 0 Å². The zero-order chi connectivity index (χ0) is 36.3. The van der Waals surface area contributed by atoms with Gasteiger partial charge in [0.1, 0.15) is 23.5 Å². The van der Waals surface area contributed by atoms with Gasteiger partial charge in [-0.15, -0.1) is 0 Å². The Kier molecular flexibility index (Phi) is 10.3. The topological polar surface area (TPSA) is 100 Å². The summed E-state index contributed by atoms with van der Waals surface area (Å²) in [4.78, 5) is 13.0. The number of hydrogen-bond acceptors (Lipinski definition) is 5. The molecule has 2 aromatic heterocycles. The fourth-order valence-corrected chi connectivity index (χ4v) is 7.01. The molecule has 1 aliphatic rings. The first-order valence-electron chi connectivity index (χ1n) is 13.3. The summed E-state index contributed by atoms with van der Waals surface area (Å²) in [6.07, 6.45) is -6.40. The minimum atomic E-state index is -4.61. The largest absolute Gasteiger partial charge is 0.416 e. The summed E-state index contributed by atoms with van der Waals surface area (Å²) >= 11 is 25.6. The van der Waals surface area contributed by atoms with Gasteiger partial charge in [-0.1, -0.05) is 74.1 Å². The number of alkyl halides is 6. The minimum absolute atomic E-state index is 0.0267. The molecule has 1 saturated carbocycles. The molecule has 2 aromatic carbocycles. The number of rotatable bonds is 4. The highest BCUT2D eigenvalue weighted by molar-refractivity contribution is 14.1. The lowest BCUT2D eigenvalue weighted by atomic mass is 10.0. The van der Waals surface area contributed by atoms with Gasteiger partial charge in [0.25, 0.3) is 0 Å². The Balaban J connectivity index is 0.000000229. The molecule has 0 unspecified atom stereocenters. The lowest BCUT2D eigenvalue weighted by Crippen LogP contribution is -2.08. The van der Waals surface area contributed by atoms with Crippen LogP contribution in [0, 0.1) is 43.0 Å². The first-order chi connectivity index (χ1) is 22.0. The van der Waals surface area contributed by atoms with E-state index in [1.165, 1.54) is 17.1 Å². The van der Waals surface area contributed by atoms with E-state index in [0.29, 0.717) is 3.57 Å². The average Bonchev–Trinajstić information content (AvgIpc) is 3.33. The molecule has 1 aliphatic carbocycles. The van der Waals surface area contributed by atoms with E-state index < -0.39 is 23.5 Å². The molecule has 0 aliphatic heterocycles. The van der Waals surface area contributed by atoms with Gasteiger partial charge in [0.15, 0.2) is 17.2 Å². The van der Waals surface area contributed by atoms with Crippen LogP contribution in [0.4, 0.5) is 26.3 Å². The van der Waals surface area contributed by atoms with E-state index >= 15 is 0 Å². The van der Waals surface area contributed by atoms with Crippen LogP contribution < -0.4 is 0 Å². The molecular weight excluding hydrogens is 843 g/mol. The number of aromatic nitrogens is 4. The van der Waals surface area contributed by atoms with Gasteiger partial charge >= 0.3 is 12.4 Å². The molecule has 48 heavy (non-hydrogen) atoms. The van der Waals surface area contributed by atoms with E-state index in [0.717, 1.165) is 28.9 Å². The molecule has 0 radical (unpaired) electrons. The van der Waals surface area contributed by atoms with E-state index in [9.17, 15) is 36.4 Å². The van der Waals surface area contributed by atoms with Crippen molar-refractivity contribution in [1.82, 2.24) is 19.6 Å². The van der Waals surface area contributed by atoms with Crippen molar-refractivity contribution in [2.75, 3.05) is 0 Å². The summed E-state index contributed by atoms with van der Waals surface area (Å²) in [6, 6.07) is 6.70. The van der Waals surface area contributed by atoms with Crippen LogP contribution in [0.2, 0.25) is 20.1 Å². The second-order valence-corrected chi connectivity index (χ2v) is 14.4. The van der Waals surface area contributed by atoms with Crippen LogP contribution in [0.5, 0.6) is 0 Å². The molecular formula is C30H19Cl4F6IN6O. The molecule has 18 heteroatoms. The lowest BCUT2D eigenvalue weighted by molar-refractivity contribution is -0.138. The third-order valence-electron chi connectivity index (χ3n) is 8.29. The smallest absolute Gasteiger partial charge is 0.294 e. The van der Waals surface area contributed by atoms with Crippen LogP contribution in [0.25, 0.3) is 11.4 Å². The van der Waals surface area contributed by atoms with E-state index in [2.05, 4.69) is 10.2 Å². The fraction of sp³-hybridized carbons (Fsp3) is 0.300. The fourth-order valence-electron chi connectivity index (χ4n) is 5.20. The Morgan fingerprint density at radius 1 is 0.750 bits per heavy atom. The van der Waals surface area contributed by atoms with Gasteiger partial charge < -0.3 is 0 Å². The van der Waals surface area contributed by atoms with Gasteiger partial charge in [-0.3, -0.25) is 4.79 Å². The lowest BCUT2D eigenvalue weighted by Gasteiger charge is -2.12. The van der Waals surface area contributed by atoms with E-state index in [4.69, 9.17) is 51.7 Å². The zero-order valence-electron chi connectivity index (χ0n) is 24.8. The van der Waals surface area contributed by atoms with Gasteiger partial charge in [0.05, 0.1) is 40.4 Å². The quantitative estimate of drug-likeness (QED) is 0.116. The number of nitriles is 2. The molecule has 4 aromatic rings. The number of carbonyl (C=O) groups is 1. The molecule has 0 saturated heterocycles. The molecule has 5 rings (SSSR count). The highest BCUT2D eigenvalue weighted by Crippen LogP contribution is 2.69. The maximum atomic E-state index is 13.0. The predicted octanol–water partition coefficient (Wildman–Crippen LogP) is 10.6. The molecule has 7 nitrogen and oxygen atoms in total. The van der Waals surface area contributed by atoms with Crippen LogP contribution in [0.15, 0.2) is 36.7 Å². The highest BCUT2D eigenvalue weighted by atomic mass is 127. The Bertz CT molecular complexity index is 1980. The average molecular weight is 862 g/mol. The molecule has 0 bridgehead atoms. The van der Waals surface area contributed by atoms with Gasteiger partial charge in [-0.05, 0) is 57.7 Å². The standard InChI is InChI=1S/C19H16Cl2F3N3O.C11H3Cl2F3IN3/c1-17(2)16(18(17,3)4)15(28)10-8-27(26-13(10)7-25)14-11(20)5-9(6-12(14)21)19(22,23)24;12-6-1-5(11(14,15)16)2-7(13)10(6)20-4-8(17)9(3-18)19-20/h5-6,8,16H,1-4H3;1-2,4H. The predicted molar refractivity (Wildman–Crippen MR) is 175 cm³/mol. The number of Topliss-reactive ketones (excluding diaryl/α,β-unsaturated/α-hetero) is 1. The second kappa shape index (κ2) is 13.0. The van der Waals surface area contributed by atoms with Crippen molar-refractivity contribution < 1.29 is 31.1 Å². The molecule has 2 heterocycles. The highest BCUT2D eigenvalue weighted by Gasteiger charge is 2.68. The summed E-state index contributed by atoms with van der Waals surface area (Å²) in [5, 5.41) is 25.2. The third-order valence-corrected chi connectivity index (χ3v) is 10.2. The molecule has 1 fully saturated rings. The number of hydrogen-bond donors (Lipinski definition) is 0. The van der Waals surface area contributed by atoms with Crippen LogP contribution in [0.3, 0.4) is 0 Å². The van der Waals surface area contributed by atoms with Crippen LogP contribution >= 0.6 is 69.0 Å². The minimum Gasteiger partial charge on any atom is -0.294 e. The van der Waals surface area contributed by atoms with Gasteiger partial charge in [-0.25, -0.2) is 9.36 Å². The van der Waals surface area contributed by atoms with Crippen molar-refractivity contribution >= 4 is 74.8 Å². The summed E-state index contributed by atoms with van der Waals surface area (Å²) in [5.74, 6) is -0.541. The van der Waals surface area contributed by atoms with Crippen molar-refractivity contribution in [2.45, 2.75) is 40.0 Å². The molecule has 252 valence electrons. The maximum absolute atomic E-state index is 13.0. The number of nitrogens with zero attached hydrogens (tertiary/aromatic N) is 6. The maximum Gasteiger partial charge on any atom is 0.416 e. The summed E-state index contributed by atoms with van der Waals surface area (Å²) < 4.78 is 79.4. The second-order valence-electron chi connectivity index (χ2n) is 11.6. The van der Waals surface area contributed by atoms with Crippen LogP contribution in [0.1, 0.15) is 60.6 Å². The SMILES string of the molecule is CC1(C)C(C(=O)c2cn(-c3c(Cl)cc(C(F)(F)F)cc3Cl)nc2C#N)C1(C)C.N#Cc1nn(-c2c(Cl)cc(C(F)(F)F)cc2Cl)cc1I. The Labute approximate surface area is 303 Å². The molecule has 0 N–H and O–H groups in total. The first-order valence-corrected chi connectivity index (χ1v) is 15.9. The first kappa shape index (κ1) is 37.8. The van der Waals surface area contributed by atoms with Crippen molar-refractivity contribution in [3.05, 3.63) is 88.4 Å². The van der Waals surface area contributed by atoms with Crippen molar-refractivity contribution in [2.24, 2.45) is 16.7 Å².